The van der Waals surface area contributed by atoms with E-state index in [-0.39, 0.29) is 6.04 Å². The van der Waals surface area contributed by atoms with Crippen molar-refractivity contribution >= 4 is 18.0 Å². The molecule has 39 valence electrons. The van der Waals surface area contributed by atoms with Gasteiger partial charge in [0.1, 0.15) is 0 Å². The van der Waals surface area contributed by atoms with E-state index in [0.717, 1.165) is 11.6 Å². The molecular formula is C4H6NOS. The SMILES string of the molecule is O=[C][C@@H]1CSCN1. The van der Waals surface area contributed by atoms with Crippen LogP contribution in [0.3, 0.4) is 0 Å². The van der Waals surface area contributed by atoms with Crippen molar-refractivity contribution in [2.75, 3.05) is 11.6 Å². The fraction of sp³-hybridized carbons (Fsp3) is 0.750. The average molecular weight is 116 g/mol. The predicted molar refractivity (Wildman–Crippen MR) is 29.9 cm³/mol. The number of carbonyl (C=O) groups excluding carboxylic acids is 1. The van der Waals surface area contributed by atoms with Gasteiger partial charge in [0.15, 0.2) is 0 Å². The Kier molecular flexibility index (Phi) is 1.70. The first kappa shape index (κ1) is 5.12. The van der Waals surface area contributed by atoms with Crippen LogP contribution in [-0.4, -0.2) is 24.0 Å². The van der Waals surface area contributed by atoms with Gasteiger partial charge < -0.3 is 0 Å². The highest BCUT2D eigenvalue weighted by Crippen LogP contribution is 2.06. The highest BCUT2D eigenvalue weighted by molar-refractivity contribution is 7.99. The van der Waals surface area contributed by atoms with Crippen molar-refractivity contribution in [3.8, 4) is 0 Å². The third-order valence-corrected chi connectivity index (χ3v) is 1.80. The first-order chi connectivity index (χ1) is 3.43. The summed E-state index contributed by atoms with van der Waals surface area (Å²) in [5, 5.41) is 2.95. The number of hydrogen-bond acceptors (Lipinski definition) is 3. The lowest BCUT2D eigenvalue weighted by Crippen LogP contribution is -2.24. The van der Waals surface area contributed by atoms with Crippen LogP contribution in [0.1, 0.15) is 0 Å². The van der Waals surface area contributed by atoms with Crippen LogP contribution in [0, 0.1) is 0 Å². The van der Waals surface area contributed by atoms with Crippen LogP contribution in [0.4, 0.5) is 0 Å². The molecule has 0 amide bonds. The molecule has 0 aromatic carbocycles. The molecular weight excluding hydrogens is 110 g/mol. The number of hydrogen-bond donors (Lipinski definition) is 1. The van der Waals surface area contributed by atoms with Crippen molar-refractivity contribution in [3.05, 3.63) is 0 Å². The fourth-order valence-electron chi connectivity index (χ4n) is 0.471. The monoisotopic (exact) mass is 116 g/mol. The summed E-state index contributed by atoms with van der Waals surface area (Å²) in [7, 11) is 0. The van der Waals surface area contributed by atoms with Gasteiger partial charge in [-0.25, -0.2) is 0 Å². The zero-order valence-electron chi connectivity index (χ0n) is 3.81. The van der Waals surface area contributed by atoms with Gasteiger partial charge in [-0.3, -0.25) is 10.1 Å². The van der Waals surface area contributed by atoms with Crippen molar-refractivity contribution in [2.45, 2.75) is 6.04 Å². The van der Waals surface area contributed by atoms with Crippen molar-refractivity contribution in [3.63, 3.8) is 0 Å². The van der Waals surface area contributed by atoms with E-state index in [1.807, 2.05) is 6.29 Å². The molecule has 0 unspecified atom stereocenters. The Hall–Kier alpha value is -0.0200. The van der Waals surface area contributed by atoms with Gasteiger partial charge in [-0.15, -0.1) is 11.8 Å². The minimum atomic E-state index is 0.00463. The van der Waals surface area contributed by atoms with Crippen molar-refractivity contribution in [2.24, 2.45) is 0 Å². The molecule has 1 N–H and O–H groups in total. The van der Waals surface area contributed by atoms with E-state index < -0.39 is 0 Å². The van der Waals surface area contributed by atoms with Gasteiger partial charge in [0.25, 0.3) is 0 Å². The molecule has 0 aromatic heterocycles. The summed E-state index contributed by atoms with van der Waals surface area (Å²) in [4.78, 5) is 9.81. The molecule has 1 aliphatic rings. The molecule has 3 heteroatoms. The smallest absolute Gasteiger partial charge is 0.217 e. The second-order valence-electron chi connectivity index (χ2n) is 1.39. The molecule has 0 saturated carbocycles. The van der Waals surface area contributed by atoms with E-state index in [0.29, 0.717) is 0 Å². The number of thioether (sulfide) groups is 1. The molecule has 1 heterocycles. The van der Waals surface area contributed by atoms with Gasteiger partial charge in [0, 0.05) is 11.6 Å². The van der Waals surface area contributed by atoms with Crippen LogP contribution >= 0.6 is 11.8 Å². The Morgan fingerprint density at radius 2 is 2.71 bits per heavy atom. The Morgan fingerprint density at radius 1 is 1.86 bits per heavy atom. The van der Waals surface area contributed by atoms with Gasteiger partial charge in [0.05, 0.1) is 6.04 Å². The largest absolute Gasteiger partial charge is 0.297 e. The molecule has 0 bridgehead atoms. The van der Waals surface area contributed by atoms with Crippen LogP contribution in [0.5, 0.6) is 0 Å². The van der Waals surface area contributed by atoms with Crippen LogP contribution < -0.4 is 5.32 Å². The quantitative estimate of drug-likeness (QED) is 0.512. The topological polar surface area (TPSA) is 29.1 Å². The second kappa shape index (κ2) is 2.33. The van der Waals surface area contributed by atoms with E-state index in [4.69, 9.17) is 0 Å². The van der Waals surface area contributed by atoms with Gasteiger partial charge in [0.2, 0.25) is 6.29 Å². The van der Waals surface area contributed by atoms with E-state index >= 15 is 0 Å². The van der Waals surface area contributed by atoms with E-state index in [9.17, 15) is 4.79 Å². The molecule has 1 atom stereocenters. The second-order valence-corrected chi connectivity index (χ2v) is 2.42. The Morgan fingerprint density at radius 3 is 3.00 bits per heavy atom. The molecule has 0 aliphatic carbocycles. The average Bonchev–Trinajstić information content (AvgIpc) is 2.14. The van der Waals surface area contributed by atoms with Crippen molar-refractivity contribution in [1.82, 2.24) is 5.32 Å². The zero-order chi connectivity index (χ0) is 5.11. The molecule has 7 heavy (non-hydrogen) atoms. The number of rotatable bonds is 1. The molecule has 0 aromatic rings. The summed E-state index contributed by atoms with van der Waals surface area (Å²) in [5.74, 6) is 1.80. The van der Waals surface area contributed by atoms with E-state index in [1.54, 1.807) is 11.8 Å². The summed E-state index contributed by atoms with van der Waals surface area (Å²) >= 11 is 1.73. The molecule has 1 radical (unpaired) electrons. The Bertz CT molecular complexity index is 70.1. The number of nitrogens with one attached hydrogen (secondary N) is 1. The van der Waals surface area contributed by atoms with E-state index in [1.165, 1.54) is 0 Å². The summed E-state index contributed by atoms with van der Waals surface area (Å²) in [6, 6.07) is 0.00463. The Balaban J connectivity index is 2.26. The lowest BCUT2D eigenvalue weighted by molar-refractivity contribution is 0.538. The minimum Gasteiger partial charge on any atom is -0.297 e. The summed E-state index contributed by atoms with van der Waals surface area (Å²) in [6.45, 7) is 0. The van der Waals surface area contributed by atoms with Crippen LogP contribution in [-0.2, 0) is 4.79 Å². The highest BCUT2D eigenvalue weighted by atomic mass is 32.2. The maximum Gasteiger partial charge on any atom is 0.217 e. The fourth-order valence-corrected chi connectivity index (χ4v) is 1.33. The van der Waals surface area contributed by atoms with Gasteiger partial charge >= 0.3 is 0 Å². The van der Waals surface area contributed by atoms with Crippen LogP contribution in [0.2, 0.25) is 0 Å². The first-order valence-electron chi connectivity index (χ1n) is 2.12. The van der Waals surface area contributed by atoms with E-state index in [2.05, 4.69) is 5.32 Å². The van der Waals surface area contributed by atoms with Crippen LogP contribution in [0.25, 0.3) is 0 Å². The summed E-state index contributed by atoms with van der Waals surface area (Å²) in [5.41, 5.74) is 0. The van der Waals surface area contributed by atoms with Crippen molar-refractivity contribution in [1.29, 1.82) is 0 Å². The minimum absolute atomic E-state index is 0.00463. The molecule has 1 rings (SSSR count). The van der Waals surface area contributed by atoms with Crippen molar-refractivity contribution < 1.29 is 4.79 Å². The van der Waals surface area contributed by atoms with Gasteiger partial charge in [-0.2, -0.15) is 0 Å². The molecule has 1 saturated heterocycles. The highest BCUT2D eigenvalue weighted by Gasteiger charge is 2.12. The molecule has 2 nitrogen and oxygen atoms in total. The normalized spacial score (nSPS) is 30.6. The summed E-state index contributed by atoms with van der Waals surface area (Å²) in [6.07, 6.45) is 1.88. The van der Waals surface area contributed by atoms with Gasteiger partial charge in [-0.05, 0) is 0 Å². The van der Waals surface area contributed by atoms with Crippen LogP contribution in [0.15, 0.2) is 0 Å². The van der Waals surface area contributed by atoms with Gasteiger partial charge in [-0.1, -0.05) is 0 Å². The lowest BCUT2D eigenvalue weighted by atomic mass is 10.4. The third kappa shape index (κ3) is 1.17. The standard InChI is InChI=1S/C4H6NOS/c6-1-4-2-7-3-5-4/h4-5H,2-3H2/t4-/m1/s1. The molecule has 1 fully saturated rings. The molecule has 1 aliphatic heterocycles. The Labute approximate surface area is 46.7 Å². The third-order valence-electron chi connectivity index (χ3n) is 0.859. The maximum absolute atomic E-state index is 9.81. The predicted octanol–water partition coefficient (Wildman–Crippen LogP) is -0.241. The maximum atomic E-state index is 9.81. The molecule has 0 spiro atoms. The zero-order valence-corrected chi connectivity index (χ0v) is 4.62. The lowest BCUT2D eigenvalue weighted by Gasteiger charge is -1.90. The summed E-state index contributed by atoms with van der Waals surface area (Å²) < 4.78 is 0. The first-order valence-corrected chi connectivity index (χ1v) is 3.28.